The van der Waals surface area contributed by atoms with E-state index in [2.05, 4.69) is 4.98 Å². The van der Waals surface area contributed by atoms with E-state index in [9.17, 15) is 17.6 Å². The molecule has 0 bridgehead atoms. The minimum absolute atomic E-state index is 0.0852. The Morgan fingerprint density at radius 1 is 1.50 bits per heavy atom. The summed E-state index contributed by atoms with van der Waals surface area (Å²) in [6.07, 6.45) is 3.51. The summed E-state index contributed by atoms with van der Waals surface area (Å²) in [5.74, 6) is -1.67. The van der Waals surface area contributed by atoms with Crippen molar-refractivity contribution in [3.8, 4) is 0 Å². The molecule has 0 aliphatic carbocycles. The molecular weight excluding hydrogens is 287 g/mol. The Morgan fingerprint density at radius 3 is 2.90 bits per heavy atom. The lowest BCUT2D eigenvalue weighted by Crippen LogP contribution is -2.36. The summed E-state index contributed by atoms with van der Waals surface area (Å²) < 4.78 is 39.2. The minimum Gasteiger partial charge on any atom is -0.481 e. The van der Waals surface area contributed by atoms with Crippen LogP contribution < -0.4 is 0 Å². The molecule has 1 N–H and O–H groups in total. The first kappa shape index (κ1) is 14.9. The Labute approximate surface area is 116 Å². The van der Waals surface area contributed by atoms with Crippen LogP contribution in [0.25, 0.3) is 0 Å². The molecule has 0 saturated carbocycles. The molecule has 1 aliphatic rings. The van der Waals surface area contributed by atoms with Gasteiger partial charge in [-0.3, -0.25) is 9.78 Å². The number of carboxylic acid groups (broad SMARTS) is 1. The number of sulfonamides is 1. The lowest BCUT2D eigenvalue weighted by Gasteiger charge is -2.23. The highest BCUT2D eigenvalue weighted by atomic mass is 32.2. The van der Waals surface area contributed by atoms with E-state index in [1.165, 1.54) is 4.31 Å². The number of aromatic nitrogens is 1. The Morgan fingerprint density at radius 2 is 2.25 bits per heavy atom. The Kier molecular flexibility index (Phi) is 4.34. The lowest BCUT2D eigenvalue weighted by atomic mass is 10.1. The second-order valence-electron chi connectivity index (χ2n) is 4.68. The average molecular weight is 302 g/mol. The summed E-state index contributed by atoms with van der Waals surface area (Å²) in [6, 6.07) is 0.578. The molecule has 1 saturated heterocycles. The number of carbonyl (C=O) groups is 1. The molecule has 8 heteroatoms. The van der Waals surface area contributed by atoms with E-state index in [4.69, 9.17) is 5.11 Å². The van der Waals surface area contributed by atoms with E-state index in [0.717, 1.165) is 18.5 Å². The van der Waals surface area contributed by atoms with Gasteiger partial charge in [0.05, 0.1) is 6.20 Å². The summed E-state index contributed by atoms with van der Waals surface area (Å²) in [4.78, 5) is 14.0. The molecule has 1 aliphatic heterocycles. The van der Waals surface area contributed by atoms with Crippen molar-refractivity contribution in [3.05, 3.63) is 24.3 Å². The van der Waals surface area contributed by atoms with Gasteiger partial charge in [0.2, 0.25) is 10.0 Å². The first-order valence-electron chi connectivity index (χ1n) is 6.25. The van der Waals surface area contributed by atoms with Crippen LogP contribution in [0.4, 0.5) is 4.39 Å². The molecule has 0 amide bonds. The van der Waals surface area contributed by atoms with Gasteiger partial charge in [0.15, 0.2) is 0 Å². The van der Waals surface area contributed by atoms with Gasteiger partial charge in [0, 0.05) is 25.2 Å². The lowest BCUT2D eigenvalue weighted by molar-refractivity contribution is -0.137. The van der Waals surface area contributed by atoms with Gasteiger partial charge in [-0.2, -0.15) is 4.31 Å². The molecule has 6 nitrogen and oxygen atoms in total. The normalized spacial score (nSPS) is 20.1. The fraction of sp³-hybridized carbons (Fsp3) is 0.500. The summed E-state index contributed by atoms with van der Waals surface area (Å²) in [5.41, 5.74) is 0. The number of aliphatic carboxylic acids is 1. The molecule has 1 unspecified atom stereocenters. The zero-order chi connectivity index (χ0) is 14.8. The predicted molar refractivity (Wildman–Crippen MR) is 68.0 cm³/mol. The van der Waals surface area contributed by atoms with Crippen molar-refractivity contribution in [1.82, 2.24) is 9.29 Å². The van der Waals surface area contributed by atoms with Gasteiger partial charge >= 0.3 is 5.97 Å². The van der Waals surface area contributed by atoms with Crippen molar-refractivity contribution < 1.29 is 22.7 Å². The van der Waals surface area contributed by atoms with Crippen LogP contribution in [-0.2, 0) is 14.8 Å². The van der Waals surface area contributed by atoms with Crippen molar-refractivity contribution in [1.29, 1.82) is 0 Å². The van der Waals surface area contributed by atoms with Gasteiger partial charge in [0.1, 0.15) is 10.7 Å². The summed E-state index contributed by atoms with van der Waals surface area (Å²) >= 11 is 0. The number of halogens is 1. The first-order valence-corrected chi connectivity index (χ1v) is 7.69. The van der Waals surface area contributed by atoms with Gasteiger partial charge < -0.3 is 5.11 Å². The van der Waals surface area contributed by atoms with Crippen molar-refractivity contribution in [2.24, 2.45) is 0 Å². The molecule has 2 rings (SSSR count). The molecular formula is C12H15FN2O4S. The zero-order valence-corrected chi connectivity index (χ0v) is 11.5. The molecule has 1 aromatic rings. The van der Waals surface area contributed by atoms with Crippen LogP contribution in [0.2, 0.25) is 0 Å². The Balaban J connectivity index is 2.22. The monoisotopic (exact) mass is 302 g/mol. The number of rotatable bonds is 5. The maximum absolute atomic E-state index is 13.1. The summed E-state index contributed by atoms with van der Waals surface area (Å²) in [7, 11) is -3.82. The van der Waals surface area contributed by atoms with Crippen LogP contribution in [-0.4, -0.2) is 41.4 Å². The molecule has 1 fully saturated rings. The maximum atomic E-state index is 13.1. The highest BCUT2D eigenvalue weighted by Gasteiger charge is 2.35. The zero-order valence-electron chi connectivity index (χ0n) is 10.7. The quantitative estimate of drug-likeness (QED) is 0.884. The Bertz CT molecular complexity index is 605. The van der Waals surface area contributed by atoms with Crippen LogP contribution in [0.3, 0.4) is 0 Å². The number of hydrogen-bond acceptors (Lipinski definition) is 4. The molecule has 2 heterocycles. The number of nitrogens with zero attached hydrogens (tertiary/aromatic N) is 2. The summed E-state index contributed by atoms with van der Waals surface area (Å²) in [6.45, 7) is 0.323. The molecule has 110 valence electrons. The van der Waals surface area contributed by atoms with Crippen LogP contribution in [0.1, 0.15) is 25.7 Å². The first-order chi connectivity index (χ1) is 9.41. The van der Waals surface area contributed by atoms with E-state index in [0.29, 0.717) is 19.4 Å². The molecule has 20 heavy (non-hydrogen) atoms. The van der Waals surface area contributed by atoms with E-state index >= 15 is 0 Å². The van der Waals surface area contributed by atoms with Gasteiger partial charge in [-0.15, -0.1) is 0 Å². The highest BCUT2D eigenvalue weighted by Crippen LogP contribution is 2.28. The highest BCUT2D eigenvalue weighted by molar-refractivity contribution is 7.89. The third-order valence-electron chi connectivity index (χ3n) is 3.30. The smallest absolute Gasteiger partial charge is 0.303 e. The summed E-state index contributed by atoms with van der Waals surface area (Å²) in [5, 5.41) is 8.69. The third kappa shape index (κ3) is 3.13. The van der Waals surface area contributed by atoms with E-state index in [-0.39, 0.29) is 23.8 Å². The average Bonchev–Trinajstić information content (AvgIpc) is 2.85. The third-order valence-corrected chi connectivity index (χ3v) is 5.22. The van der Waals surface area contributed by atoms with Crippen molar-refractivity contribution >= 4 is 16.0 Å². The predicted octanol–water partition coefficient (Wildman–Crippen LogP) is 1.24. The minimum atomic E-state index is -3.82. The topological polar surface area (TPSA) is 87.6 Å². The molecule has 0 radical (unpaired) electrons. The maximum Gasteiger partial charge on any atom is 0.303 e. The van der Waals surface area contributed by atoms with Crippen molar-refractivity contribution in [3.63, 3.8) is 0 Å². The standard InChI is InChI=1S/C12H15FN2O4S/c13-9-6-11(8-14-7-9)20(18,19)15-5-1-2-10(15)3-4-12(16)17/h6-8,10H,1-5H2,(H,16,17). The van der Waals surface area contributed by atoms with Crippen LogP contribution in [0.5, 0.6) is 0 Å². The van der Waals surface area contributed by atoms with Gasteiger partial charge in [-0.05, 0) is 25.3 Å². The largest absolute Gasteiger partial charge is 0.481 e. The van der Waals surface area contributed by atoms with Crippen LogP contribution in [0.15, 0.2) is 23.4 Å². The molecule has 0 aromatic carbocycles. The van der Waals surface area contributed by atoms with Crippen LogP contribution in [0, 0.1) is 5.82 Å². The van der Waals surface area contributed by atoms with Crippen LogP contribution >= 0.6 is 0 Å². The second kappa shape index (κ2) is 5.84. The van der Waals surface area contributed by atoms with Crippen molar-refractivity contribution in [2.45, 2.75) is 36.6 Å². The molecule has 1 atom stereocenters. The molecule has 0 spiro atoms. The van der Waals surface area contributed by atoms with Gasteiger partial charge in [-0.1, -0.05) is 0 Å². The van der Waals surface area contributed by atoms with E-state index in [1.54, 1.807) is 0 Å². The second-order valence-corrected chi connectivity index (χ2v) is 6.57. The Hall–Kier alpha value is -1.54. The SMILES string of the molecule is O=C(O)CCC1CCCN1S(=O)(=O)c1cncc(F)c1. The molecule has 1 aromatic heterocycles. The fourth-order valence-corrected chi connectivity index (χ4v) is 4.07. The van der Waals surface area contributed by atoms with Crippen molar-refractivity contribution in [2.75, 3.05) is 6.54 Å². The van der Waals surface area contributed by atoms with E-state index < -0.39 is 21.8 Å². The van der Waals surface area contributed by atoms with Gasteiger partial charge in [0.25, 0.3) is 0 Å². The van der Waals surface area contributed by atoms with Gasteiger partial charge in [-0.25, -0.2) is 12.8 Å². The number of hydrogen-bond donors (Lipinski definition) is 1. The van der Waals surface area contributed by atoms with E-state index in [1.807, 2.05) is 0 Å². The fourth-order valence-electron chi connectivity index (χ4n) is 2.37. The number of carboxylic acids is 1. The number of pyridine rings is 1.